The molecule has 1 atom stereocenters. The number of anilines is 1. The molecule has 1 aliphatic heterocycles. The summed E-state index contributed by atoms with van der Waals surface area (Å²) >= 11 is 0. The number of carbonyl (C=O) groups excluding carboxylic acids is 1. The van der Waals surface area contributed by atoms with Gasteiger partial charge in [0.25, 0.3) is 0 Å². The number of benzene rings is 1. The number of hydrogen-bond donors (Lipinski definition) is 2. The zero-order valence-electron chi connectivity index (χ0n) is 11.8. The summed E-state index contributed by atoms with van der Waals surface area (Å²) in [6, 6.07) is 4.38. The third kappa shape index (κ3) is 3.83. The van der Waals surface area contributed by atoms with Gasteiger partial charge in [0.2, 0.25) is 5.91 Å². The predicted octanol–water partition coefficient (Wildman–Crippen LogP) is 1.82. The van der Waals surface area contributed by atoms with Crippen molar-refractivity contribution in [2.45, 2.75) is 6.92 Å². The Kier molecular flexibility index (Phi) is 5.92. The van der Waals surface area contributed by atoms with Gasteiger partial charge in [0, 0.05) is 17.7 Å². The zero-order chi connectivity index (χ0) is 14.7. The van der Waals surface area contributed by atoms with E-state index in [1.54, 1.807) is 6.07 Å². The first-order valence-corrected chi connectivity index (χ1v) is 6.37. The van der Waals surface area contributed by atoms with Gasteiger partial charge in [0.05, 0.1) is 12.0 Å². The smallest absolute Gasteiger partial charge is 0.312 e. The highest BCUT2D eigenvalue weighted by Crippen LogP contribution is 2.30. The Bertz CT molecular complexity index is 534. The summed E-state index contributed by atoms with van der Waals surface area (Å²) in [5.74, 6) is 0.237. The minimum atomic E-state index is -0.534. The molecule has 1 unspecified atom stereocenters. The van der Waals surface area contributed by atoms with Crippen LogP contribution in [0.1, 0.15) is 6.92 Å². The number of amides is 1. The molecule has 0 spiro atoms. The molecule has 0 radical (unpaired) electrons. The third-order valence-electron chi connectivity index (χ3n) is 3.58. The van der Waals surface area contributed by atoms with Gasteiger partial charge in [0.1, 0.15) is 0 Å². The largest absolute Gasteiger partial charge is 0.490 e. The van der Waals surface area contributed by atoms with Crippen molar-refractivity contribution in [1.82, 2.24) is 5.32 Å². The molecule has 1 fully saturated rings. The van der Waals surface area contributed by atoms with Crippen LogP contribution in [0.4, 0.5) is 11.4 Å². The molecule has 1 saturated heterocycles. The van der Waals surface area contributed by atoms with Gasteiger partial charge in [-0.2, -0.15) is 0 Å². The Hall–Kier alpha value is -1.86. The third-order valence-corrected chi connectivity index (χ3v) is 3.58. The topological polar surface area (TPSA) is 93.5 Å². The van der Waals surface area contributed by atoms with E-state index in [1.807, 2.05) is 6.92 Å². The van der Waals surface area contributed by atoms with E-state index >= 15 is 0 Å². The zero-order valence-corrected chi connectivity index (χ0v) is 12.6. The van der Waals surface area contributed by atoms with Gasteiger partial charge < -0.3 is 15.4 Å². The van der Waals surface area contributed by atoms with Gasteiger partial charge in [-0.3, -0.25) is 14.9 Å². The summed E-state index contributed by atoms with van der Waals surface area (Å²) in [6.07, 6.45) is 0. The van der Waals surface area contributed by atoms with E-state index in [4.69, 9.17) is 4.74 Å². The van der Waals surface area contributed by atoms with Crippen molar-refractivity contribution < 1.29 is 14.5 Å². The number of nitro benzene ring substituents is 1. The minimum Gasteiger partial charge on any atom is -0.490 e. The Morgan fingerprint density at radius 2 is 2.19 bits per heavy atom. The molecule has 8 heteroatoms. The molecule has 1 aromatic carbocycles. The van der Waals surface area contributed by atoms with E-state index in [9.17, 15) is 14.9 Å². The SMILES string of the molecule is COc1ccc(NC(=O)C(C)C2CNC2)cc1[N+](=O)[O-].Cl. The van der Waals surface area contributed by atoms with Crippen LogP contribution in [-0.2, 0) is 4.79 Å². The van der Waals surface area contributed by atoms with Crippen LogP contribution in [0.2, 0.25) is 0 Å². The molecule has 1 heterocycles. The van der Waals surface area contributed by atoms with Crippen LogP contribution in [-0.4, -0.2) is 31.0 Å². The molecule has 21 heavy (non-hydrogen) atoms. The van der Waals surface area contributed by atoms with E-state index in [-0.39, 0.29) is 35.7 Å². The molecule has 1 amide bonds. The number of ether oxygens (including phenoxy) is 1. The van der Waals surface area contributed by atoms with Crippen LogP contribution in [0.25, 0.3) is 0 Å². The highest BCUT2D eigenvalue weighted by Gasteiger charge is 2.29. The first kappa shape index (κ1) is 17.2. The van der Waals surface area contributed by atoms with Crippen LogP contribution in [0.5, 0.6) is 5.75 Å². The lowest BCUT2D eigenvalue weighted by atomic mass is 9.88. The number of methoxy groups -OCH3 is 1. The van der Waals surface area contributed by atoms with Gasteiger partial charge in [-0.05, 0) is 31.1 Å². The number of rotatable bonds is 5. The Morgan fingerprint density at radius 1 is 1.52 bits per heavy atom. The van der Waals surface area contributed by atoms with Gasteiger partial charge in [-0.25, -0.2) is 0 Å². The lowest BCUT2D eigenvalue weighted by molar-refractivity contribution is -0.385. The van der Waals surface area contributed by atoms with Crippen LogP contribution >= 0.6 is 12.4 Å². The van der Waals surface area contributed by atoms with E-state index in [0.717, 1.165) is 13.1 Å². The van der Waals surface area contributed by atoms with Crippen molar-refractivity contribution in [3.63, 3.8) is 0 Å². The molecule has 7 nitrogen and oxygen atoms in total. The summed E-state index contributed by atoms with van der Waals surface area (Å²) in [7, 11) is 1.37. The number of hydrogen-bond acceptors (Lipinski definition) is 5. The van der Waals surface area contributed by atoms with Crippen molar-refractivity contribution in [2.24, 2.45) is 11.8 Å². The van der Waals surface area contributed by atoms with Crippen molar-refractivity contribution in [1.29, 1.82) is 0 Å². The summed E-state index contributed by atoms with van der Waals surface area (Å²) in [5.41, 5.74) is 0.241. The minimum absolute atomic E-state index is 0. The molecule has 0 aromatic heterocycles. The Labute approximate surface area is 128 Å². The highest BCUT2D eigenvalue weighted by molar-refractivity contribution is 5.93. The number of carbonyl (C=O) groups is 1. The summed E-state index contributed by atoms with van der Waals surface area (Å²) in [4.78, 5) is 22.4. The molecule has 1 aliphatic rings. The van der Waals surface area contributed by atoms with E-state index in [1.165, 1.54) is 19.2 Å². The van der Waals surface area contributed by atoms with Gasteiger partial charge in [-0.1, -0.05) is 6.92 Å². The lowest BCUT2D eigenvalue weighted by Gasteiger charge is -2.31. The average Bonchev–Trinajstić information content (AvgIpc) is 2.36. The van der Waals surface area contributed by atoms with Crippen LogP contribution in [0, 0.1) is 22.0 Å². The van der Waals surface area contributed by atoms with Crippen LogP contribution < -0.4 is 15.4 Å². The number of nitro groups is 1. The molecular weight excluding hydrogens is 298 g/mol. The van der Waals surface area contributed by atoms with E-state index in [2.05, 4.69) is 10.6 Å². The standard InChI is InChI=1S/C13H17N3O4.ClH/c1-8(9-6-14-7-9)13(17)15-10-3-4-12(20-2)11(5-10)16(18)19;/h3-5,8-9,14H,6-7H2,1-2H3,(H,15,17);1H. The van der Waals surface area contributed by atoms with Crippen molar-refractivity contribution in [2.75, 3.05) is 25.5 Å². The first-order valence-electron chi connectivity index (χ1n) is 6.37. The highest BCUT2D eigenvalue weighted by atomic mass is 35.5. The summed E-state index contributed by atoms with van der Waals surface area (Å²) in [6.45, 7) is 3.52. The number of nitrogens with zero attached hydrogens (tertiary/aromatic N) is 1. The predicted molar refractivity (Wildman–Crippen MR) is 81.0 cm³/mol. The van der Waals surface area contributed by atoms with Gasteiger partial charge in [-0.15, -0.1) is 12.4 Å². The number of halogens is 1. The molecule has 0 bridgehead atoms. The van der Waals surface area contributed by atoms with Crippen molar-refractivity contribution >= 4 is 29.7 Å². The molecular formula is C13H18ClN3O4. The fourth-order valence-corrected chi connectivity index (χ4v) is 2.05. The van der Waals surface area contributed by atoms with Crippen molar-refractivity contribution in [3.05, 3.63) is 28.3 Å². The molecule has 116 valence electrons. The van der Waals surface area contributed by atoms with Gasteiger partial charge >= 0.3 is 5.69 Å². The van der Waals surface area contributed by atoms with Gasteiger partial charge in [0.15, 0.2) is 5.75 Å². The maximum absolute atomic E-state index is 12.0. The molecule has 2 rings (SSSR count). The molecule has 2 N–H and O–H groups in total. The average molecular weight is 316 g/mol. The monoisotopic (exact) mass is 315 g/mol. The summed E-state index contributed by atoms with van der Waals surface area (Å²) < 4.78 is 4.92. The number of nitrogens with one attached hydrogen (secondary N) is 2. The normalized spacial score (nSPS) is 15.3. The second-order valence-corrected chi connectivity index (χ2v) is 4.84. The lowest BCUT2D eigenvalue weighted by Crippen LogP contribution is -2.48. The molecule has 0 aliphatic carbocycles. The fraction of sp³-hybridized carbons (Fsp3) is 0.462. The van der Waals surface area contributed by atoms with E-state index in [0.29, 0.717) is 11.6 Å². The summed E-state index contributed by atoms with van der Waals surface area (Å²) in [5, 5.41) is 16.7. The Morgan fingerprint density at radius 3 is 2.67 bits per heavy atom. The maximum atomic E-state index is 12.0. The van der Waals surface area contributed by atoms with E-state index < -0.39 is 4.92 Å². The molecule has 1 aromatic rings. The fourth-order valence-electron chi connectivity index (χ4n) is 2.05. The first-order chi connectivity index (χ1) is 9.52. The quantitative estimate of drug-likeness (QED) is 0.638. The second kappa shape index (κ2) is 7.24. The Balaban J connectivity index is 0.00000220. The molecule has 0 saturated carbocycles. The van der Waals surface area contributed by atoms with Crippen LogP contribution in [0.15, 0.2) is 18.2 Å². The second-order valence-electron chi connectivity index (χ2n) is 4.84. The van der Waals surface area contributed by atoms with Crippen LogP contribution in [0.3, 0.4) is 0 Å². The van der Waals surface area contributed by atoms with Crippen molar-refractivity contribution in [3.8, 4) is 5.75 Å². The maximum Gasteiger partial charge on any atom is 0.312 e.